The first-order valence-corrected chi connectivity index (χ1v) is 11.0. The van der Waals surface area contributed by atoms with Crippen LogP contribution in [0.25, 0.3) is 0 Å². The van der Waals surface area contributed by atoms with Crippen LogP contribution in [0, 0.1) is 5.92 Å². The van der Waals surface area contributed by atoms with Gasteiger partial charge < -0.3 is 14.8 Å². The van der Waals surface area contributed by atoms with Crippen molar-refractivity contribution in [2.24, 2.45) is 5.92 Å². The summed E-state index contributed by atoms with van der Waals surface area (Å²) in [5.41, 5.74) is 2.73. The van der Waals surface area contributed by atoms with Gasteiger partial charge in [-0.25, -0.2) is 0 Å². The van der Waals surface area contributed by atoms with E-state index in [9.17, 15) is 18.0 Å². The molecule has 5 nitrogen and oxygen atoms in total. The van der Waals surface area contributed by atoms with Crippen LogP contribution in [-0.2, 0) is 11.4 Å². The molecule has 8 heteroatoms. The first-order chi connectivity index (χ1) is 16.3. The molecule has 1 amide bonds. The van der Waals surface area contributed by atoms with Gasteiger partial charge in [0.15, 0.2) is 6.61 Å². The zero-order valence-electron chi connectivity index (χ0n) is 18.6. The number of aromatic nitrogens is 1. The van der Waals surface area contributed by atoms with Crippen molar-refractivity contribution in [1.29, 1.82) is 0 Å². The molecule has 1 aromatic heterocycles. The monoisotopic (exact) mass is 470 g/mol. The Morgan fingerprint density at radius 1 is 1.03 bits per heavy atom. The van der Waals surface area contributed by atoms with Crippen LogP contribution in [0.3, 0.4) is 0 Å². The molecule has 0 spiro atoms. The molecule has 1 aliphatic rings. The van der Waals surface area contributed by atoms with E-state index in [2.05, 4.69) is 15.0 Å². The normalized spacial score (nSPS) is 18.1. The van der Waals surface area contributed by atoms with Crippen LogP contribution >= 0.6 is 0 Å². The Bertz CT molecular complexity index is 1090. The molecular weight excluding hydrogens is 445 g/mol. The number of amides is 1. The molecule has 3 aromatic rings. The van der Waals surface area contributed by atoms with E-state index in [1.54, 1.807) is 13.0 Å². The second-order valence-electron chi connectivity index (χ2n) is 8.34. The summed E-state index contributed by atoms with van der Waals surface area (Å²) in [5, 5.41) is 2.94. The smallest absolute Gasteiger partial charge is 0.422 e. The lowest BCUT2D eigenvalue weighted by Crippen LogP contribution is -2.29. The number of ether oxygens (including phenoxy) is 2. The van der Waals surface area contributed by atoms with Crippen molar-refractivity contribution in [3.8, 4) is 11.5 Å². The molecule has 34 heavy (non-hydrogen) atoms. The number of halogens is 3. The minimum atomic E-state index is -4.41. The SMILES string of the molecule is C[C@@H](NC(=O)C1CC1c1ccc(OCc2ccccc2)cc1)c1ccc(OCC(F)(F)F)cn1. The minimum Gasteiger partial charge on any atom is -0.489 e. The van der Waals surface area contributed by atoms with Crippen molar-refractivity contribution in [2.75, 3.05) is 6.61 Å². The van der Waals surface area contributed by atoms with E-state index in [1.807, 2.05) is 54.6 Å². The zero-order valence-corrected chi connectivity index (χ0v) is 18.6. The summed E-state index contributed by atoms with van der Waals surface area (Å²) in [4.78, 5) is 16.8. The molecule has 1 fully saturated rings. The molecule has 0 aliphatic heterocycles. The number of pyridine rings is 1. The van der Waals surface area contributed by atoms with Gasteiger partial charge in [-0.2, -0.15) is 13.2 Å². The standard InChI is InChI=1S/C26H25F3N2O3/c1-17(24-12-11-21(14-30-24)34-16-26(27,28)29)31-25(32)23-13-22(23)19-7-9-20(10-8-19)33-15-18-5-3-2-4-6-18/h2-12,14,17,22-23H,13,15-16H2,1H3,(H,31,32)/t17-,22?,23?/m1/s1. The van der Waals surface area contributed by atoms with Gasteiger partial charge in [0.25, 0.3) is 0 Å². The minimum absolute atomic E-state index is 0.0260. The molecule has 0 bridgehead atoms. The number of rotatable bonds is 9. The van der Waals surface area contributed by atoms with Gasteiger partial charge in [-0.3, -0.25) is 9.78 Å². The summed E-state index contributed by atoms with van der Waals surface area (Å²) in [6.45, 7) is 0.909. The van der Waals surface area contributed by atoms with Gasteiger partial charge in [-0.1, -0.05) is 42.5 Å². The number of carbonyl (C=O) groups excluding carboxylic acids is 1. The fraction of sp³-hybridized carbons (Fsp3) is 0.308. The van der Waals surface area contributed by atoms with Crippen LogP contribution in [0.5, 0.6) is 11.5 Å². The van der Waals surface area contributed by atoms with E-state index in [-0.39, 0.29) is 29.5 Å². The Labute approximate surface area is 195 Å². The average molecular weight is 470 g/mol. The second-order valence-corrected chi connectivity index (χ2v) is 8.34. The van der Waals surface area contributed by atoms with E-state index in [0.29, 0.717) is 12.3 Å². The van der Waals surface area contributed by atoms with E-state index < -0.39 is 12.8 Å². The Morgan fingerprint density at radius 2 is 1.74 bits per heavy atom. The van der Waals surface area contributed by atoms with Gasteiger partial charge in [0.05, 0.1) is 17.9 Å². The van der Waals surface area contributed by atoms with Crippen LogP contribution < -0.4 is 14.8 Å². The average Bonchev–Trinajstić information content (AvgIpc) is 3.63. The summed E-state index contributed by atoms with van der Waals surface area (Å²) < 4.78 is 47.2. The van der Waals surface area contributed by atoms with Crippen molar-refractivity contribution in [1.82, 2.24) is 10.3 Å². The first-order valence-electron chi connectivity index (χ1n) is 11.0. The number of nitrogens with zero attached hydrogens (tertiary/aromatic N) is 1. The van der Waals surface area contributed by atoms with Crippen molar-refractivity contribution < 1.29 is 27.4 Å². The van der Waals surface area contributed by atoms with Crippen LogP contribution in [0.1, 0.15) is 42.1 Å². The van der Waals surface area contributed by atoms with E-state index in [0.717, 1.165) is 23.3 Å². The maximum atomic E-state index is 12.7. The molecule has 2 aromatic carbocycles. The summed E-state index contributed by atoms with van der Waals surface area (Å²) >= 11 is 0. The first kappa shape index (κ1) is 23.6. The fourth-order valence-corrected chi connectivity index (χ4v) is 3.70. The van der Waals surface area contributed by atoms with Crippen molar-refractivity contribution >= 4 is 5.91 Å². The molecule has 178 valence electrons. The Morgan fingerprint density at radius 3 is 2.38 bits per heavy atom. The second kappa shape index (κ2) is 10.2. The topological polar surface area (TPSA) is 60.5 Å². The van der Waals surface area contributed by atoms with Gasteiger partial charge in [-0.15, -0.1) is 0 Å². The van der Waals surface area contributed by atoms with Gasteiger partial charge in [0.1, 0.15) is 18.1 Å². The predicted octanol–water partition coefficient (Wildman–Crippen LogP) is 5.58. The third-order valence-electron chi connectivity index (χ3n) is 5.65. The van der Waals surface area contributed by atoms with Crippen molar-refractivity contribution in [2.45, 2.75) is 38.1 Å². The lowest BCUT2D eigenvalue weighted by molar-refractivity contribution is -0.153. The van der Waals surface area contributed by atoms with Crippen molar-refractivity contribution in [3.63, 3.8) is 0 Å². The number of carbonyl (C=O) groups is 1. The van der Waals surface area contributed by atoms with Gasteiger partial charge in [0, 0.05) is 5.92 Å². The molecule has 1 heterocycles. The fourth-order valence-electron chi connectivity index (χ4n) is 3.70. The quantitative estimate of drug-likeness (QED) is 0.443. The largest absolute Gasteiger partial charge is 0.489 e. The highest BCUT2D eigenvalue weighted by molar-refractivity contribution is 5.83. The van der Waals surface area contributed by atoms with Gasteiger partial charge >= 0.3 is 6.18 Å². The summed E-state index contributed by atoms with van der Waals surface area (Å²) in [5.74, 6) is 0.769. The third-order valence-corrected chi connectivity index (χ3v) is 5.65. The number of nitrogens with one attached hydrogen (secondary N) is 1. The zero-order chi connectivity index (χ0) is 24.1. The highest BCUT2D eigenvalue weighted by Gasteiger charge is 2.44. The number of hydrogen-bond acceptors (Lipinski definition) is 4. The van der Waals surface area contributed by atoms with Crippen LogP contribution in [-0.4, -0.2) is 23.7 Å². The number of benzene rings is 2. The van der Waals surface area contributed by atoms with Gasteiger partial charge in [0.2, 0.25) is 5.91 Å². The molecule has 2 unspecified atom stereocenters. The Hall–Kier alpha value is -3.55. The van der Waals surface area contributed by atoms with Gasteiger partial charge in [-0.05, 0) is 54.7 Å². The highest BCUT2D eigenvalue weighted by atomic mass is 19.4. The molecule has 0 saturated heterocycles. The van der Waals surface area contributed by atoms with Crippen LogP contribution in [0.4, 0.5) is 13.2 Å². The lowest BCUT2D eigenvalue weighted by Gasteiger charge is -2.14. The Balaban J connectivity index is 1.25. The molecular formula is C26H25F3N2O3. The molecule has 1 N–H and O–H groups in total. The number of hydrogen-bond donors (Lipinski definition) is 1. The van der Waals surface area contributed by atoms with Crippen molar-refractivity contribution in [3.05, 3.63) is 89.7 Å². The lowest BCUT2D eigenvalue weighted by atomic mass is 10.1. The van der Waals surface area contributed by atoms with E-state index in [4.69, 9.17) is 4.74 Å². The highest BCUT2D eigenvalue weighted by Crippen LogP contribution is 2.48. The van der Waals surface area contributed by atoms with Crippen LogP contribution in [0.2, 0.25) is 0 Å². The summed E-state index contributed by atoms with van der Waals surface area (Å²) in [6, 6.07) is 20.3. The Kier molecular flexibility index (Phi) is 7.05. The molecule has 4 rings (SSSR count). The van der Waals surface area contributed by atoms with E-state index in [1.165, 1.54) is 12.3 Å². The van der Waals surface area contributed by atoms with Crippen LogP contribution in [0.15, 0.2) is 72.9 Å². The maximum Gasteiger partial charge on any atom is 0.422 e. The maximum absolute atomic E-state index is 12.7. The number of alkyl halides is 3. The third kappa shape index (κ3) is 6.50. The molecule has 1 saturated carbocycles. The molecule has 1 aliphatic carbocycles. The summed E-state index contributed by atoms with van der Waals surface area (Å²) in [6.07, 6.45) is -2.41. The molecule has 0 radical (unpaired) electrons. The summed E-state index contributed by atoms with van der Waals surface area (Å²) in [7, 11) is 0. The van der Waals surface area contributed by atoms with E-state index >= 15 is 0 Å². The molecule has 3 atom stereocenters. The predicted molar refractivity (Wildman–Crippen MR) is 120 cm³/mol.